The molecule has 0 saturated carbocycles. The molecule has 0 bridgehead atoms. The van der Waals surface area contributed by atoms with Crippen molar-refractivity contribution < 1.29 is 13.9 Å². The van der Waals surface area contributed by atoms with E-state index in [1.54, 1.807) is 25.1 Å². The molecule has 0 heterocycles. The van der Waals surface area contributed by atoms with Crippen LogP contribution in [0.2, 0.25) is 0 Å². The second kappa shape index (κ2) is 5.69. The monoisotopic (exact) mass is 370 g/mol. The van der Waals surface area contributed by atoms with Crippen LogP contribution in [-0.2, 0) is 0 Å². The Hall–Kier alpha value is -1.43. The van der Waals surface area contributed by atoms with Gasteiger partial charge in [0.15, 0.2) is 5.78 Å². The van der Waals surface area contributed by atoms with Crippen LogP contribution in [0.3, 0.4) is 0 Å². The highest BCUT2D eigenvalue weighted by Gasteiger charge is 2.15. The number of benzene rings is 2. The first-order valence-electron chi connectivity index (χ1n) is 5.67. The summed E-state index contributed by atoms with van der Waals surface area (Å²) in [6, 6.07) is 9.74. The van der Waals surface area contributed by atoms with Crippen molar-refractivity contribution in [2.45, 2.75) is 6.92 Å². The first kappa shape index (κ1) is 14.0. The van der Waals surface area contributed by atoms with Crippen molar-refractivity contribution in [2.24, 2.45) is 0 Å². The molecule has 0 N–H and O–H groups in total. The second-order valence-electron chi connectivity index (χ2n) is 4.14. The number of carbonyl (C=O) groups excluding carboxylic acids is 1. The van der Waals surface area contributed by atoms with Gasteiger partial charge < -0.3 is 4.74 Å². The highest BCUT2D eigenvalue weighted by atomic mass is 127. The Morgan fingerprint density at radius 3 is 2.58 bits per heavy atom. The van der Waals surface area contributed by atoms with Crippen LogP contribution in [0.5, 0.6) is 5.75 Å². The first-order valence-corrected chi connectivity index (χ1v) is 6.75. The lowest BCUT2D eigenvalue weighted by molar-refractivity contribution is 0.103. The molecular weight excluding hydrogens is 358 g/mol. The lowest BCUT2D eigenvalue weighted by atomic mass is 10.0. The van der Waals surface area contributed by atoms with Gasteiger partial charge in [-0.2, -0.15) is 0 Å². The van der Waals surface area contributed by atoms with Crippen LogP contribution in [0.1, 0.15) is 21.5 Å². The predicted molar refractivity (Wildman–Crippen MR) is 80.3 cm³/mol. The zero-order chi connectivity index (χ0) is 14.0. The van der Waals surface area contributed by atoms with Gasteiger partial charge >= 0.3 is 0 Å². The van der Waals surface area contributed by atoms with Crippen molar-refractivity contribution in [1.29, 1.82) is 0 Å². The summed E-state index contributed by atoms with van der Waals surface area (Å²) >= 11 is 2.14. The Balaban J connectivity index is 2.49. The molecule has 0 radical (unpaired) electrons. The van der Waals surface area contributed by atoms with Crippen LogP contribution in [-0.4, -0.2) is 12.9 Å². The van der Waals surface area contributed by atoms with E-state index >= 15 is 0 Å². The van der Waals surface area contributed by atoms with Gasteiger partial charge in [0.25, 0.3) is 0 Å². The fourth-order valence-electron chi connectivity index (χ4n) is 1.80. The summed E-state index contributed by atoms with van der Waals surface area (Å²) in [5.74, 6) is 0.0389. The van der Waals surface area contributed by atoms with Crippen molar-refractivity contribution in [1.82, 2.24) is 0 Å². The maximum absolute atomic E-state index is 13.2. The number of halogens is 2. The third-order valence-corrected chi connectivity index (χ3v) is 3.50. The fraction of sp³-hybridized carbons (Fsp3) is 0.133. The third-order valence-electron chi connectivity index (χ3n) is 2.83. The minimum Gasteiger partial charge on any atom is -0.496 e. The van der Waals surface area contributed by atoms with Crippen LogP contribution in [0.25, 0.3) is 0 Å². The molecule has 2 aromatic rings. The molecule has 4 heteroatoms. The van der Waals surface area contributed by atoms with Gasteiger partial charge in [-0.3, -0.25) is 4.79 Å². The lowest BCUT2D eigenvalue weighted by Crippen LogP contribution is -2.05. The molecule has 0 atom stereocenters. The lowest BCUT2D eigenvalue weighted by Gasteiger charge is -2.09. The predicted octanol–water partition coefficient (Wildman–Crippen LogP) is 3.98. The number of rotatable bonds is 3. The topological polar surface area (TPSA) is 26.3 Å². The number of ketones is 1. The van der Waals surface area contributed by atoms with Gasteiger partial charge in [-0.25, -0.2) is 4.39 Å². The summed E-state index contributed by atoms with van der Waals surface area (Å²) in [6.45, 7) is 1.64. The molecule has 0 spiro atoms. The standard InChI is InChI=1S/C15H12FIO2/c1-9-7-10(3-5-13(9)16)15(18)12-8-11(17)4-6-14(12)19-2/h3-8H,1-2H3. The van der Waals surface area contributed by atoms with Crippen molar-refractivity contribution in [3.05, 3.63) is 62.5 Å². The Morgan fingerprint density at radius 1 is 1.21 bits per heavy atom. The summed E-state index contributed by atoms with van der Waals surface area (Å²) in [6.07, 6.45) is 0. The molecule has 0 aromatic heterocycles. The van der Waals surface area contributed by atoms with Gasteiger partial charge in [0.05, 0.1) is 12.7 Å². The van der Waals surface area contributed by atoms with E-state index in [2.05, 4.69) is 22.6 Å². The number of methoxy groups -OCH3 is 1. The third kappa shape index (κ3) is 2.94. The SMILES string of the molecule is COc1ccc(I)cc1C(=O)c1ccc(F)c(C)c1. The van der Waals surface area contributed by atoms with E-state index in [4.69, 9.17) is 4.74 Å². The van der Waals surface area contributed by atoms with E-state index in [9.17, 15) is 9.18 Å². The Labute approximate surface area is 124 Å². The van der Waals surface area contributed by atoms with Gasteiger partial charge in [0.2, 0.25) is 0 Å². The molecule has 0 aliphatic rings. The van der Waals surface area contributed by atoms with Crippen molar-refractivity contribution in [3.8, 4) is 5.75 Å². The zero-order valence-corrected chi connectivity index (χ0v) is 12.7. The second-order valence-corrected chi connectivity index (χ2v) is 5.38. The van der Waals surface area contributed by atoms with Gasteiger partial charge in [-0.1, -0.05) is 0 Å². The summed E-state index contributed by atoms with van der Waals surface area (Å²) in [4.78, 5) is 12.4. The van der Waals surface area contributed by atoms with Crippen molar-refractivity contribution in [3.63, 3.8) is 0 Å². The number of aryl methyl sites for hydroxylation is 1. The van der Waals surface area contributed by atoms with Crippen LogP contribution < -0.4 is 4.74 Å². The summed E-state index contributed by atoms with van der Waals surface area (Å²) < 4.78 is 19.4. The quantitative estimate of drug-likeness (QED) is 0.604. The molecule has 98 valence electrons. The molecule has 0 unspecified atom stereocenters. The van der Waals surface area contributed by atoms with Crippen LogP contribution in [0.4, 0.5) is 4.39 Å². The number of ether oxygens (including phenoxy) is 1. The van der Waals surface area contributed by atoms with Gasteiger partial charge in [-0.05, 0) is 71.5 Å². The minimum absolute atomic E-state index is 0.168. The molecule has 2 nitrogen and oxygen atoms in total. The summed E-state index contributed by atoms with van der Waals surface area (Å²) in [7, 11) is 1.52. The van der Waals surface area contributed by atoms with Gasteiger partial charge in [-0.15, -0.1) is 0 Å². The average Bonchev–Trinajstić information content (AvgIpc) is 2.41. The zero-order valence-electron chi connectivity index (χ0n) is 10.5. The first-order chi connectivity index (χ1) is 9.02. The Kier molecular flexibility index (Phi) is 4.19. The molecule has 0 amide bonds. The largest absolute Gasteiger partial charge is 0.496 e. The van der Waals surface area contributed by atoms with Crippen molar-refractivity contribution in [2.75, 3.05) is 7.11 Å². The minimum atomic E-state index is -0.314. The highest BCUT2D eigenvalue weighted by molar-refractivity contribution is 14.1. The normalized spacial score (nSPS) is 10.3. The number of hydrogen-bond acceptors (Lipinski definition) is 2. The molecule has 0 saturated heterocycles. The summed E-state index contributed by atoms with van der Waals surface area (Å²) in [5.41, 5.74) is 1.40. The van der Waals surface area contributed by atoms with E-state index < -0.39 is 0 Å². The Bertz CT molecular complexity index is 638. The fourth-order valence-corrected chi connectivity index (χ4v) is 2.29. The molecule has 2 aromatic carbocycles. The molecule has 0 fully saturated rings. The molecule has 0 aliphatic heterocycles. The number of hydrogen-bond donors (Lipinski definition) is 0. The van der Waals surface area contributed by atoms with Crippen molar-refractivity contribution >= 4 is 28.4 Å². The van der Waals surface area contributed by atoms with E-state index in [1.807, 2.05) is 6.07 Å². The maximum atomic E-state index is 13.2. The van der Waals surface area contributed by atoms with E-state index in [0.29, 0.717) is 22.4 Å². The molecule has 0 aliphatic carbocycles. The van der Waals surface area contributed by atoms with E-state index in [-0.39, 0.29) is 11.6 Å². The Morgan fingerprint density at radius 2 is 1.95 bits per heavy atom. The van der Waals surface area contributed by atoms with Crippen LogP contribution in [0, 0.1) is 16.3 Å². The number of carbonyl (C=O) groups is 1. The smallest absolute Gasteiger partial charge is 0.196 e. The van der Waals surface area contributed by atoms with Gasteiger partial charge in [0, 0.05) is 9.13 Å². The average molecular weight is 370 g/mol. The van der Waals surface area contributed by atoms with Gasteiger partial charge in [0.1, 0.15) is 11.6 Å². The highest BCUT2D eigenvalue weighted by Crippen LogP contribution is 2.24. The maximum Gasteiger partial charge on any atom is 0.196 e. The van der Waals surface area contributed by atoms with E-state index in [0.717, 1.165) is 3.57 Å². The summed E-state index contributed by atoms with van der Waals surface area (Å²) in [5, 5.41) is 0. The molecule has 2 rings (SSSR count). The van der Waals surface area contributed by atoms with Crippen LogP contribution in [0.15, 0.2) is 36.4 Å². The molecule has 19 heavy (non-hydrogen) atoms. The van der Waals surface area contributed by atoms with Crippen LogP contribution >= 0.6 is 22.6 Å². The molecular formula is C15H12FIO2. The van der Waals surface area contributed by atoms with E-state index in [1.165, 1.54) is 19.2 Å².